The number of nitrogens with zero attached hydrogens (tertiary/aromatic N) is 2. The Balaban J connectivity index is 1.64. The lowest BCUT2D eigenvalue weighted by atomic mass is 10.1. The molecule has 3 rings (SSSR count). The molecule has 122 valence electrons. The van der Waals surface area contributed by atoms with Gasteiger partial charge in [0.2, 0.25) is 5.89 Å². The molecule has 1 heterocycles. The number of carbonyl (C=O) groups is 1. The Bertz CT molecular complexity index is 816. The van der Waals surface area contributed by atoms with Gasteiger partial charge < -0.3 is 9.84 Å². The number of hydrogen-bond acceptors (Lipinski definition) is 4. The first-order valence-corrected chi connectivity index (χ1v) is 7.54. The van der Waals surface area contributed by atoms with Gasteiger partial charge in [0.25, 0.3) is 5.91 Å². The van der Waals surface area contributed by atoms with E-state index in [0.717, 1.165) is 5.56 Å². The maximum Gasteiger partial charge on any atom is 0.251 e. The molecule has 1 aromatic heterocycles. The van der Waals surface area contributed by atoms with E-state index < -0.39 is 6.04 Å². The molecule has 5 nitrogen and oxygen atoms in total. The van der Waals surface area contributed by atoms with E-state index in [4.69, 9.17) is 4.52 Å². The lowest BCUT2D eigenvalue weighted by Gasteiger charge is -2.09. The van der Waals surface area contributed by atoms with Crippen LogP contribution in [-0.4, -0.2) is 16.0 Å². The fourth-order valence-electron chi connectivity index (χ4n) is 2.23. The van der Waals surface area contributed by atoms with Gasteiger partial charge >= 0.3 is 0 Å². The van der Waals surface area contributed by atoms with Crippen molar-refractivity contribution in [2.24, 2.45) is 0 Å². The predicted molar refractivity (Wildman–Crippen MR) is 85.8 cm³/mol. The van der Waals surface area contributed by atoms with Gasteiger partial charge in [-0.2, -0.15) is 4.98 Å². The maximum atomic E-state index is 12.9. The van der Waals surface area contributed by atoms with E-state index in [0.29, 0.717) is 23.7 Å². The number of carbonyl (C=O) groups excluding carboxylic acids is 1. The third-order valence-electron chi connectivity index (χ3n) is 3.52. The van der Waals surface area contributed by atoms with Gasteiger partial charge in [-0.05, 0) is 36.8 Å². The lowest BCUT2D eigenvalue weighted by Crippen LogP contribution is -2.27. The minimum Gasteiger partial charge on any atom is -0.342 e. The van der Waals surface area contributed by atoms with Crippen LogP contribution in [0.2, 0.25) is 0 Å². The third kappa shape index (κ3) is 3.84. The van der Waals surface area contributed by atoms with Gasteiger partial charge in [0, 0.05) is 5.56 Å². The smallest absolute Gasteiger partial charge is 0.251 e. The van der Waals surface area contributed by atoms with Crippen LogP contribution in [0.25, 0.3) is 0 Å². The molecule has 0 aliphatic carbocycles. The zero-order valence-corrected chi connectivity index (χ0v) is 13.1. The van der Waals surface area contributed by atoms with Crippen molar-refractivity contribution in [3.05, 3.63) is 83.3 Å². The van der Waals surface area contributed by atoms with E-state index in [9.17, 15) is 9.18 Å². The van der Waals surface area contributed by atoms with Gasteiger partial charge in [-0.3, -0.25) is 4.79 Å². The van der Waals surface area contributed by atoms with Crippen molar-refractivity contribution in [2.45, 2.75) is 19.4 Å². The van der Waals surface area contributed by atoms with Gasteiger partial charge in [-0.15, -0.1) is 0 Å². The molecular formula is C18H16FN3O2. The second kappa shape index (κ2) is 7.04. The van der Waals surface area contributed by atoms with Crippen LogP contribution in [0.4, 0.5) is 4.39 Å². The molecule has 3 aromatic rings. The summed E-state index contributed by atoms with van der Waals surface area (Å²) >= 11 is 0. The van der Waals surface area contributed by atoms with Crippen LogP contribution in [0.5, 0.6) is 0 Å². The normalized spacial score (nSPS) is 11.9. The van der Waals surface area contributed by atoms with Crippen LogP contribution < -0.4 is 5.32 Å². The molecule has 0 saturated carbocycles. The Hall–Kier alpha value is -3.02. The first kappa shape index (κ1) is 15.9. The van der Waals surface area contributed by atoms with Crippen LogP contribution in [0, 0.1) is 5.82 Å². The van der Waals surface area contributed by atoms with Gasteiger partial charge in [-0.25, -0.2) is 4.39 Å². The second-order valence-corrected chi connectivity index (χ2v) is 5.41. The average Bonchev–Trinajstić information content (AvgIpc) is 3.05. The highest BCUT2D eigenvalue weighted by atomic mass is 19.1. The van der Waals surface area contributed by atoms with Gasteiger partial charge in [0.05, 0.1) is 12.5 Å². The van der Waals surface area contributed by atoms with Crippen LogP contribution >= 0.6 is 0 Å². The molecule has 1 N–H and O–H groups in total. The summed E-state index contributed by atoms with van der Waals surface area (Å²) in [4.78, 5) is 16.4. The van der Waals surface area contributed by atoms with Crippen LogP contribution in [0.3, 0.4) is 0 Å². The van der Waals surface area contributed by atoms with Crippen molar-refractivity contribution in [2.75, 3.05) is 0 Å². The fraction of sp³-hybridized carbons (Fsp3) is 0.167. The molecule has 0 aliphatic rings. The first-order valence-electron chi connectivity index (χ1n) is 7.54. The summed E-state index contributed by atoms with van der Waals surface area (Å²) in [6.45, 7) is 1.76. The Morgan fingerprint density at radius 1 is 1.17 bits per heavy atom. The molecule has 6 heteroatoms. The van der Waals surface area contributed by atoms with Crippen LogP contribution in [0.1, 0.15) is 40.6 Å². The number of halogens is 1. The van der Waals surface area contributed by atoms with Crippen molar-refractivity contribution in [3.63, 3.8) is 0 Å². The summed E-state index contributed by atoms with van der Waals surface area (Å²) in [5.74, 6) is 0.177. The Morgan fingerprint density at radius 2 is 1.88 bits per heavy atom. The number of rotatable bonds is 5. The molecule has 0 spiro atoms. The molecule has 0 fully saturated rings. The highest BCUT2D eigenvalue weighted by molar-refractivity contribution is 5.94. The van der Waals surface area contributed by atoms with Crippen molar-refractivity contribution >= 4 is 5.91 Å². The molecule has 1 atom stereocenters. The van der Waals surface area contributed by atoms with Gasteiger partial charge in [-0.1, -0.05) is 35.5 Å². The van der Waals surface area contributed by atoms with Gasteiger partial charge in [0.15, 0.2) is 5.82 Å². The highest BCUT2D eigenvalue weighted by Crippen LogP contribution is 2.13. The number of aromatic nitrogens is 2. The average molecular weight is 325 g/mol. The molecule has 2 aromatic carbocycles. The Labute approximate surface area is 138 Å². The monoisotopic (exact) mass is 325 g/mol. The largest absolute Gasteiger partial charge is 0.342 e. The topological polar surface area (TPSA) is 68.0 Å². The predicted octanol–water partition coefficient (Wildman–Crippen LogP) is 3.29. The van der Waals surface area contributed by atoms with E-state index in [1.165, 1.54) is 24.3 Å². The molecule has 0 aliphatic heterocycles. The number of amides is 1. The maximum absolute atomic E-state index is 12.9. The fourth-order valence-corrected chi connectivity index (χ4v) is 2.23. The SMILES string of the molecule is C[C@@H](NC(=O)c1ccc(F)cc1)c1noc(Cc2ccccc2)n1. The summed E-state index contributed by atoms with van der Waals surface area (Å²) in [7, 11) is 0. The Kier molecular flexibility index (Phi) is 4.65. The number of hydrogen-bond donors (Lipinski definition) is 1. The van der Waals surface area contributed by atoms with Crippen molar-refractivity contribution in [1.29, 1.82) is 0 Å². The van der Waals surface area contributed by atoms with Crippen LogP contribution in [-0.2, 0) is 6.42 Å². The second-order valence-electron chi connectivity index (χ2n) is 5.41. The van der Waals surface area contributed by atoms with Crippen molar-refractivity contribution < 1.29 is 13.7 Å². The third-order valence-corrected chi connectivity index (χ3v) is 3.52. The van der Waals surface area contributed by atoms with E-state index in [1.54, 1.807) is 6.92 Å². The summed E-state index contributed by atoms with van der Waals surface area (Å²) in [5, 5.41) is 6.68. The molecule has 24 heavy (non-hydrogen) atoms. The summed E-state index contributed by atoms with van der Waals surface area (Å²) in [6.07, 6.45) is 0.534. The Morgan fingerprint density at radius 3 is 2.58 bits per heavy atom. The minimum absolute atomic E-state index is 0.322. The summed E-state index contributed by atoms with van der Waals surface area (Å²) in [6, 6.07) is 14.7. The molecule has 0 unspecified atom stereocenters. The van der Waals surface area contributed by atoms with E-state index >= 15 is 0 Å². The van der Waals surface area contributed by atoms with E-state index in [-0.39, 0.29) is 11.7 Å². The van der Waals surface area contributed by atoms with Gasteiger partial charge in [0.1, 0.15) is 5.82 Å². The van der Waals surface area contributed by atoms with Crippen molar-refractivity contribution in [3.8, 4) is 0 Å². The first-order chi connectivity index (χ1) is 11.6. The molecular weight excluding hydrogens is 309 g/mol. The lowest BCUT2D eigenvalue weighted by molar-refractivity contribution is 0.0938. The summed E-state index contributed by atoms with van der Waals surface area (Å²) in [5.41, 5.74) is 1.44. The zero-order valence-electron chi connectivity index (χ0n) is 13.1. The van der Waals surface area contributed by atoms with E-state index in [1.807, 2.05) is 30.3 Å². The number of benzene rings is 2. The minimum atomic E-state index is -0.421. The molecule has 0 bridgehead atoms. The van der Waals surface area contributed by atoms with E-state index in [2.05, 4.69) is 15.5 Å². The molecule has 0 saturated heterocycles. The standard InChI is InChI=1S/C18H16FN3O2/c1-12(20-18(23)14-7-9-15(19)10-8-14)17-21-16(24-22-17)11-13-5-3-2-4-6-13/h2-10,12H,11H2,1H3,(H,20,23)/t12-/m1/s1. The zero-order chi connectivity index (χ0) is 16.9. The summed E-state index contributed by atoms with van der Waals surface area (Å²) < 4.78 is 18.1. The van der Waals surface area contributed by atoms with Crippen LogP contribution in [0.15, 0.2) is 59.1 Å². The molecule has 1 amide bonds. The number of nitrogens with one attached hydrogen (secondary N) is 1. The van der Waals surface area contributed by atoms with Crippen molar-refractivity contribution in [1.82, 2.24) is 15.5 Å². The quantitative estimate of drug-likeness (QED) is 0.781. The molecule has 0 radical (unpaired) electrons. The highest BCUT2D eigenvalue weighted by Gasteiger charge is 2.17.